The van der Waals surface area contributed by atoms with Gasteiger partial charge in [-0.05, 0) is 50.5 Å². The second-order valence-electron chi connectivity index (χ2n) is 5.76. The molecule has 6 heteroatoms. The molecule has 0 fully saturated rings. The lowest BCUT2D eigenvalue weighted by Gasteiger charge is -2.14. The number of likely N-dealkylation sites (N-methyl/N-ethyl adjacent to an activating group) is 1. The lowest BCUT2D eigenvalue weighted by atomic mass is 10.2. The van der Waals surface area contributed by atoms with Crippen LogP contribution in [0.3, 0.4) is 0 Å². The van der Waals surface area contributed by atoms with E-state index in [0.717, 1.165) is 12.3 Å². The van der Waals surface area contributed by atoms with Gasteiger partial charge in [0.15, 0.2) is 0 Å². The first-order valence-corrected chi connectivity index (χ1v) is 8.21. The summed E-state index contributed by atoms with van der Waals surface area (Å²) in [6.07, 6.45) is 0. The molecule has 2 aromatic carbocycles. The van der Waals surface area contributed by atoms with Gasteiger partial charge in [0.1, 0.15) is 24.7 Å². The van der Waals surface area contributed by atoms with E-state index in [9.17, 15) is 4.79 Å². The molecule has 2 aromatic rings. The summed E-state index contributed by atoms with van der Waals surface area (Å²) in [6.45, 7) is 2.22. The number of ether oxygens (including phenoxy) is 2. The van der Waals surface area contributed by atoms with Crippen molar-refractivity contribution >= 4 is 11.6 Å². The smallest absolute Gasteiger partial charge is 0.259 e. The van der Waals surface area contributed by atoms with Gasteiger partial charge in [-0.2, -0.15) is 0 Å². The van der Waals surface area contributed by atoms with Gasteiger partial charge in [-0.25, -0.2) is 0 Å². The van der Waals surface area contributed by atoms with Gasteiger partial charge in [0.2, 0.25) is 0 Å². The number of carbonyl (C=O) groups is 1. The van der Waals surface area contributed by atoms with Crippen molar-refractivity contribution in [1.29, 1.82) is 0 Å². The number of anilines is 1. The van der Waals surface area contributed by atoms with Crippen molar-refractivity contribution < 1.29 is 14.3 Å². The molecule has 0 radical (unpaired) electrons. The van der Waals surface area contributed by atoms with E-state index in [2.05, 4.69) is 5.32 Å². The van der Waals surface area contributed by atoms with Crippen molar-refractivity contribution in [3.05, 3.63) is 54.1 Å². The van der Waals surface area contributed by atoms with Gasteiger partial charge in [0.05, 0.1) is 5.56 Å². The number of amides is 1. The Morgan fingerprint density at radius 1 is 1.04 bits per heavy atom. The Morgan fingerprint density at radius 2 is 1.76 bits per heavy atom. The molecular formula is C19H25N3O3. The average molecular weight is 343 g/mol. The lowest BCUT2D eigenvalue weighted by Crippen LogP contribution is -2.20. The highest BCUT2D eigenvalue weighted by Gasteiger charge is 2.12. The fourth-order valence-electron chi connectivity index (χ4n) is 2.13. The first-order chi connectivity index (χ1) is 12.1. The summed E-state index contributed by atoms with van der Waals surface area (Å²) in [6, 6.07) is 14.4. The van der Waals surface area contributed by atoms with Crippen LogP contribution in [0.2, 0.25) is 0 Å². The molecule has 0 spiro atoms. The molecule has 0 bridgehead atoms. The van der Waals surface area contributed by atoms with E-state index in [-0.39, 0.29) is 5.91 Å². The fourth-order valence-corrected chi connectivity index (χ4v) is 2.13. The third-order valence-corrected chi connectivity index (χ3v) is 3.43. The highest BCUT2D eigenvalue weighted by molar-refractivity contribution is 6.06. The summed E-state index contributed by atoms with van der Waals surface area (Å²) in [5.74, 6) is 1.08. The van der Waals surface area contributed by atoms with Crippen molar-refractivity contribution in [2.45, 2.75) is 0 Å². The summed E-state index contributed by atoms with van der Waals surface area (Å²) >= 11 is 0. The van der Waals surface area contributed by atoms with Gasteiger partial charge < -0.3 is 25.4 Å². The molecule has 0 unspecified atom stereocenters. The lowest BCUT2D eigenvalue weighted by molar-refractivity contribution is 0.102. The van der Waals surface area contributed by atoms with Gasteiger partial charge in [-0.1, -0.05) is 12.1 Å². The van der Waals surface area contributed by atoms with Crippen molar-refractivity contribution in [2.24, 2.45) is 5.73 Å². The standard InChI is InChI=1S/C19H25N3O3/c1-22(2)12-14-25-18-6-4-3-5-17(18)19(23)21-15-7-9-16(10-8-15)24-13-11-20/h3-10H,11-14,20H2,1-2H3,(H,21,23). The number of nitrogens with zero attached hydrogens (tertiary/aromatic N) is 1. The van der Waals surface area contributed by atoms with Crippen LogP contribution < -0.4 is 20.5 Å². The van der Waals surface area contributed by atoms with E-state index in [1.54, 1.807) is 36.4 Å². The van der Waals surface area contributed by atoms with Crippen LogP contribution in [0.1, 0.15) is 10.4 Å². The molecule has 0 aromatic heterocycles. The van der Waals surface area contributed by atoms with Crippen LogP contribution in [0.5, 0.6) is 11.5 Å². The second kappa shape index (κ2) is 9.66. The summed E-state index contributed by atoms with van der Waals surface area (Å²) in [7, 11) is 3.95. The minimum Gasteiger partial charge on any atom is -0.492 e. The van der Waals surface area contributed by atoms with E-state index >= 15 is 0 Å². The molecule has 2 rings (SSSR count). The topological polar surface area (TPSA) is 76.8 Å². The zero-order chi connectivity index (χ0) is 18.1. The first-order valence-electron chi connectivity index (χ1n) is 8.21. The van der Waals surface area contributed by atoms with E-state index in [0.29, 0.717) is 36.8 Å². The number of rotatable bonds is 9. The Hall–Kier alpha value is -2.57. The van der Waals surface area contributed by atoms with E-state index in [1.165, 1.54) is 0 Å². The molecule has 1 amide bonds. The van der Waals surface area contributed by atoms with Crippen molar-refractivity contribution in [3.63, 3.8) is 0 Å². The average Bonchev–Trinajstić information content (AvgIpc) is 2.61. The normalized spacial score (nSPS) is 10.6. The number of hydrogen-bond donors (Lipinski definition) is 2. The highest BCUT2D eigenvalue weighted by Crippen LogP contribution is 2.21. The Bertz CT molecular complexity index is 672. The van der Waals surface area contributed by atoms with E-state index in [1.807, 2.05) is 31.1 Å². The number of benzene rings is 2. The van der Waals surface area contributed by atoms with E-state index in [4.69, 9.17) is 15.2 Å². The van der Waals surface area contributed by atoms with Crippen molar-refractivity contribution in [1.82, 2.24) is 4.90 Å². The largest absolute Gasteiger partial charge is 0.492 e. The maximum absolute atomic E-state index is 12.5. The van der Waals surface area contributed by atoms with Crippen LogP contribution in [0, 0.1) is 0 Å². The van der Waals surface area contributed by atoms with Gasteiger partial charge in [0.25, 0.3) is 5.91 Å². The number of nitrogens with one attached hydrogen (secondary N) is 1. The second-order valence-corrected chi connectivity index (χ2v) is 5.76. The molecule has 0 aliphatic heterocycles. The molecular weight excluding hydrogens is 318 g/mol. The minimum atomic E-state index is -0.212. The number of para-hydroxylation sites is 1. The molecule has 0 heterocycles. The van der Waals surface area contributed by atoms with Crippen LogP contribution in [-0.4, -0.2) is 51.2 Å². The molecule has 3 N–H and O–H groups in total. The molecule has 0 aliphatic carbocycles. The summed E-state index contributed by atoms with van der Waals surface area (Å²) in [5, 5.41) is 2.87. The third-order valence-electron chi connectivity index (χ3n) is 3.43. The fraction of sp³-hybridized carbons (Fsp3) is 0.316. The molecule has 0 atom stereocenters. The Morgan fingerprint density at radius 3 is 2.44 bits per heavy atom. The monoisotopic (exact) mass is 343 g/mol. The van der Waals surface area contributed by atoms with Gasteiger partial charge in [0, 0.05) is 18.8 Å². The number of hydrogen-bond acceptors (Lipinski definition) is 5. The molecule has 0 saturated carbocycles. The highest BCUT2D eigenvalue weighted by atomic mass is 16.5. The Balaban J connectivity index is 2.00. The Kier molecular flexibility index (Phi) is 7.25. The Labute approximate surface area is 148 Å². The van der Waals surface area contributed by atoms with Gasteiger partial charge in [-0.3, -0.25) is 4.79 Å². The zero-order valence-electron chi connectivity index (χ0n) is 14.7. The summed E-state index contributed by atoms with van der Waals surface area (Å²) in [5.41, 5.74) is 6.60. The molecule has 0 saturated heterocycles. The number of nitrogens with two attached hydrogens (primary N) is 1. The zero-order valence-corrected chi connectivity index (χ0v) is 14.7. The SMILES string of the molecule is CN(C)CCOc1ccccc1C(=O)Nc1ccc(OCCN)cc1. The van der Waals surface area contributed by atoms with Crippen LogP contribution in [0.4, 0.5) is 5.69 Å². The van der Waals surface area contributed by atoms with Crippen LogP contribution in [-0.2, 0) is 0 Å². The summed E-state index contributed by atoms with van der Waals surface area (Å²) < 4.78 is 11.2. The van der Waals surface area contributed by atoms with Crippen molar-refractivity contribution in [2.75, 3.05) is 45.7 Å². The first kappa shape index (κ1) is 18.8. The van der Waals surface area contributed by atoms with Crippen LogP contribution in [0.15, 0.2) is 48.5 Å². The van der Waals surface area contributed by atoms with Crippen LogP contribution in [0.25, 0.3) is 0 Å². The number of carbonyl (C=O) groups excluding carboxylic acids is 1. The summed E-state index contributed by atoms with van der Waals surface area (Å²) in [4.78, 5) is 14.6. The molecule has 0 aliphatic rings. The predicted molar refractivity (Wildman–Crippen MR) is 99.4 cm³/mol. The predicted octanol–water partition coefficient (Wildman–Crippen LogP) is 2.22. The van der Waals surface area contributed by atoms with Gasteiger partial charge >= 0.3 is 0 Å². The molecule has 134 valence electrons. The van der Waals surface area contributed by atoms with Crippen molar-refractivity contribution in [3.8, 4) is 11.5 Å². The maximum atomic E-state index is 12.5. The third kappa shape index (κ3) is 6.10. The van der Waals surface area contributed by atoms with Gasteiger partial charge in [-0.15, -0.1) is 0 Å². The quantitative estimate of drug-likeness (QED) is 0.730. The minimum absolute atomic E-state index is 0.212. The van der Waals surface area contributed by atoms with Crippen LogP contribution >= 0.6 is 0 Å². The molecule has 6 nitrogen and oxygen atoms in total. The molecule has 25 heavy (non-hydrogen) atoms. The maximum Gasteiger partial charge on any atom is 0.259 e. The van der Waals surface area contributed by atoms with E-state index < -0.39 is 0 Å².